The van der Waals surface area contributed by atoms with E-state index >= 15 is 0 Å². The molecule has 0 aromatic heterocycles. The average Bonchev–Trinajstić information content (AvgIpc) is 2.71. The van der Waals surface area contributed by atoms with Crippen molar-refractivity contribution in [1.29, 1.82) is 0 Å². The fraction of sp³-hybridized carbons (Fsp3) is 0.250. The number of fused-ring (bicyclic) bond motifs is 1. The Morgan fingerprint density at radius 1 is 1.21 bits per heavy atom. The van der Waals surface area contributed by atoms with Gasteiger partial charge in [0.05, 0.1) is 18.6 Å². The molecule has 28 heavy (non-hydrogen) atoms. The molecule has 2 aromatic carbocycles. The molecule has 0 saturated carbocycles. The van der Waals surface area contributed by atoms with E-state index in [2.05, 4.69) is 0 Å². The lowest BCUT2D eigenvalue weighted by Crippen LogP contribution is -2.20. The number of methoxy groups -OCH3 is 1. The molecule has 0 radical (unpaired) electrons. The van der Waals surface area contributed by atoms with E-state index in [1.165, 1.54) is 13.2 Å². The van der Waals surface area contributed by atoms with E-state index in [0.717, 1.165) is 0 Å². The maximum absolute atomic E-state index is 11.6. The summed E-state index contributed by atoms with van der Waals surface area (Å²) in [4.78, 5) is 22.5. The highest BCUT2D eigenvalue weighted by atomic mass is 16.6. The minimum atomic E-state index is -0.905. The third-order valence-electron chi connectivity index (χ3n) is 4.09. The zero-order valence-electron chi connectivity index (χ0n) is 15.4. The summed E-state index contributed by atoms with van der Waals surface area (Å²) in [6.45, 7) is 1.78. The van der Waals surface area contributed by atoms with Crippen LogP contribution < -0.4 is 14.2 Å². The summed E-state index contributed by atoms with van der Waals surface area (Å²) >= 11 is 0. The molecule has 0 aliphatic carbocycles. The van der Waals surface area contributed by atoms with Gasteiger partial charge >= 0.3 is 5.97 Å². The van der Waals surface area contributed by atoms with Crippen LogP contribution in [0.2, 0.25) is 0 Å². The van der Waals surface area contributed by atoms with Gasteiger partial charge in [-0.1, -0.05) is 24.3 Å². The van der Waals surface area contributed by atoms with Gasteiger partial charge in [-0.05, 0) is 25.1 Å². The maximum Gasteiger partial charge on any atom is 0.344 e. The van der Waals surface area contributed by atoms with Gasteiger partial charge in [0.1, 0.15) is 5.75 Å². The second-order valence-electron chi connectivity index (χ2n) is 5.87. The van der Waals surface area contributed by atoms with Crippen molar-refractivity contribution in [2.75, 3.05) is 20.3 Å². The molecular weight excluding hydrogens is 366 g/mol. The molecule has 1 heterocycles. The van der Waals surface area contributed by atoms with Gasteiger partial charge in [-0.25, -0.2) is 4.79 Å². The number of benzene rings is 2. The molecule has 1 unspecified atom stereocenters. The van der Waals surface area contributed by atoms with E-state index in [9.17, 15) is 14.9 Å². The lowest BCUT2D eigenvalue weighted by molar-refractivity contribution is -0.434. The minimum absolute atomic E-state index is 0.0825. The Hall–Kier alpha value is -3.55. The fourth-order valence-corrected chi connectivity index (χ4v) is 2.82. The Morgan fingerprint density at radius 2 is 1.96 bits per heavy atom. The van der Waals surface area contributed by atoms with Crippen LogP contribution in [0.25, 0.3) is 6.08 Å². The summed E-state index contributed by atoms with van der Waals surface area (Å²) in [7, 11) is 1.51. The van der Waals surface area contributed by atoms with Crippen molar-refractivity contribution in [2.24, 2.45) is 0 Å². The molecule has 1 atom stereocenters. The van der Waals surface area contributed by atoms with Crippen LogP contribution in [0.4, 0.5) is 0 Å². The molecule has 0 spiro atoms. The second kappa shape index (κ2) is 8.43. The van der Waals surface area contributed by atoms with Crippen molar-refractivity contribution in [3.05, 3.63) is 69.4 Å². The number of ether oxygens (including phenoxy) is 4. The molecule has 0 saturated heterocycles. The topological polar surface area (TPSA) is 97.1 Å². The van der Waals surface area contributed by atoms with E-state index in [-0.39, 0.29) is 18.9 Å². The summed E-state index contributed by atoms with van der Waals surface area (Å²) in [6.07, 6.45) is 0.579. The van der Waals surface area contributed by atoms with Gasteiger partial charge in [0, 0.05) is 17.2 Å². The Labute approximate surface area is 161 Å². The van der Waals surface area contributed by atoms with Crippen LogP contribution in [0.1, 0.15) is 24.2 Å². The van der Waals surface area contributed by atoms with Gasteiger partial charge in [0.25, 0.3) is 5.70 Å². The Kier molecular flexibility index (Phi) is 5.78. The van der Waals surface area contributed by atoms with Gasteiger partial charge < -0.3 is 18.9 Å². The van der Waals surface area contributed by atoms with Crippen molar-refractivity contribution in [3.63, 3.8) is 0 Å². The SMILES string of the molecule is CCOC(=O)COc1ccc(C2Oc3c(cccc3OC)C=C2[N+](=O)[O-])cc1. The number of para-hydroxylation sites is 1. The average molecular weight is 385 g/mol. The number of esters is 1. The number of hydrogen-bond acceptors (Lipinski definition) is 7. The molecule has 3 rings (SSSR count). The van der Waals surface area contributed by atoms with Crippen molar-refractivity contribution < 1.29 is 28.7 Å². The number of nitro groups is 1. The zero-order valence-corrected chi connectivity index (χ0v) is 15.4. The fourth-order valence-electron chi connectivity index (χ4n) is 2.82. The van der Waals surface area contributed by atoms with E-state index in [1.54, 1.807) is 49.4 Å². The van der Waals surface area contributed by atoms with Crippen LogP contribution in [-0.2, 0) is 9.53 Å². The van der Waals surface area contributed by atoms with Crippen LogP contribution >= 0.6 is 0 Å². The van der Waals surface area contributed by atoms with Gasteiger partial charge in [0.2, 0.25) is 6.10 Å². The maximum atomic E-state index is 11.6. The van der Waals surface area contributed by atoms with Crippen LogP contribution in [0.3, 0.4) is 0 Å². The number of carbonyl (C=O) groups is 1. The highest BCUT2D eigenvalue weighted by molar-refractivity contribution is 5.71. The van der Waals surface area contributed by atoms with E-state index in [1.807, 2.05) is 0 Å². The third-order valence-corrected chi connectivity index (χ3v) is 4.09. The van der Waals surface area contributed by atoms with Crippen LogP contribution in [0.5, 0.6) is 17.2 Å². The quantitative estimate of drug-likeness (QED) is 0.409. The van der Waals surface area contributed by atoms with Crippen LogP contribution in [-0.4, -0.2) is 31.2 Å². The van der Waals surface area contributed by atoms with Gasteiger partial charge in [-0.3, -0.25) is 10.1 Å². The number of hydrogen-bond donors (Lipinski definition) is 0. The van der Waals surface area contributed by atoms with Crippen LogP contribution in [0.15, 0.2) is 48.2 Å². The highest BCUT2D eigenvalue weighted by Crippen LogP contribution is 2.42. The molecule has 2 aromatic rings. The van der Waals surface area contributed by atoms with Gasteiger partial charge in [0.15, 0.2) is 18.1 Å². The number of nitrogens with zero attached hydrogens (tertiary/aromatic N) is 1. The molecule has 146 valence electrons. The molecule has 1 aliphatic heterocycles. The van der Waals surface area contributed by atoms with Gasteiger partial charge in [-0.15, -0.1) is 0 Å². The monoisotopic (exact) mass is 385 g/mol. The lowest BCUT2D eigenvalue weighted by atomic mass is 10.0. The zero-order chi connectivity index (χ0) is 20.1. The first-order chi connectivity index (χ1) is 13.5. The third kappa shape index (κ3) is 4.06. The molecule has 1 aliphatic rings. The first kappa shape index (κ1) is 19.2. The standard InChI is InChI=1S/C20H19NO7/c1-3-26-18(22)12-27-15-9-7-13(8-10-15)19-16(21(23)24)11-14-5-4-6-17(25-2)20(14)28-19/h4-11,19H,3,12H2,1-2H3. The number of carbonyl (C=O) groups excluding carboxylic acids is 1. The first-order valence-corrected chi connectivity index (χ1v) is 8.61. The Balaban J connectivity index is 1.84. The van der Waals surface area contributed by atoms with E-state index in [0.29, 0.717) is 28.4 Å². The summed E-state index contributed by atoms with van der Waals surface area (Å²) in [6, 6.07) is 11.7. The second-order valence-corrected chi connectivity index (χ2v) is 5.87. The Bertz CT molecular complexity index is 905. The predicted octanol–water partition coefficient (Wildman–Crippen LogP) is 3.39. The normalized spacial score (nSPS) is 14.9. The van der Waals surface area contributed by atoms with Crippen molar-refractivity contribution in [3.8, 4) is 17.2 Å². The van der Waals surface area contributed by atoms with Crippen molar-refractivity contribution in [2.45, 2.75) is 13.0 Å². The molecule has 8 nitrogen and oxygen atoms in total. The largest absolute Gasteiger partial charge is 0.493 e. The van der Waals surface area contributed by atoms with E-state index in [4.69, 9.17) is 18.9 Å². The lowest BCUT2D eigenvalue weighted by Gasteiger charge is -2.24. The van der Waals surface area contributed by atoms with Crippen molar-refractivity contribution >= 4 is 12.0 Å². The first-order valence-electron chi connectivity index (χ1n) is 8.61. The minimum Gasteiger partial charge on any atom is -0.493 e. The molecule has 0 N–H and O–H groups in total. The smallest absolute Gasteiger partial charge is 0.344 e. The van der Waals surface area contributed by atoms with Crippen molar-refractivity contribution in [1.82, 2.24) is 0 Å². The molecule has 0 amide bonds. The van der Waals surface area contributed by atoms with Crippen LogP contribution in [0, 0.1) is 10.1 Å². The molecular formula is C20H19NO7. The summed E-state index contributed by atoms with van der Waals surface area (Å²) in [5.41, 5.74) is 1.07. The summed E-state index contributed by atoms with van der Waals surface area (Å²) < 4.78 is 21.4. The Morgan fingerprint density at radius 3 is 2.61 bits per heavy atom. The summed E-state index contributed by atoms with van der Waals surface area (Å²) in [5, 5.41) is 11.6. The van der Waals surface area contributed by atoms with Gasteiger partial charge in [-0.2, -0.15) is 0 Å². The highest BCUT2D eigenvalue weighted by Gasteiger charge is 2.34. The predicted molar refractivity (Wildman–Crippen MR) is 99.9 cm³/mol. The molecule has 8 heteroatoms. The van der Waals surface area contributed by atoms with E-state index < -0.39 is 17.0 Å². The number of rotatable bonds is 7. The molecule has 0 fully saturated rings. The molecule has 0 bridgehead atoms. The summed E-state index contributed by atoms with van der Waals surface area (Å²) in [5.74, 6) is 0.917.